The van der Waals surface area contributed by atoms with E-state index < -0.39 is 27.9 Å². The molecule has 0 heterocycles. The molecule has 0 saturated carbocycles. The predicted octanol–water partition coefficient (Wildman–Crippen LogP) is 0.966. The monoisotopic (exact) mass is 285 g/mol. The number of carbonyl (C=O) groups is 1. The minimum absolute atomic E-state index is 0.0373. The lowest BCUT2D eigenvalue weighted by atomic mass is 10.1. The Balaban J connectivity index is 2.52. The van der Waals surface area contributed by atoms with Crippen LogP contribution in [0.3, 0.4) is 0 Å². The van der Waals surface area contributed by atoms with Crippen LogP contribution in [-0.2, 0) is 4.79 Å². The van der Waals surface area contributed by atoms with Crippen molar-refractivity contribution in [3.8, 4) is 5.75 Å². The Bertz CT molecular complexity index is 514. The molecule has 1 amide bonds. The van der Waals surface area contributed by atoms with E-state index in [1.807, 2.05) is 0 Å². The van der Waals surface area contributed by atoms with Crippen molar-refractivity contribution in [1.82, 2.24) is 5.32 Å². The molecule has 0 unspecified atom stereocenters. The Hall–Kier alpha value is -2.22. The molecule has 0 spiro atoms. The molecule has 20 heavy (non-hydrogen) atoms. The van der Waals surface area contributed by atoms with Crippen molar-refractivity contribution in [2.24, 2.45) is 5.73 Å². The number of nitrogens with two attached hydrogens (primary N) is 1. The highest BCUT2D eigenvalue weighted by Crippen LogP contribution is 2.22. The van der Waals surface area contributed by atoms with Crippen LogP contribution in [0.1, 0.15) is 13.8 Å². The molecule has 8 heteroatoms. The molecule has 0 atom stereocenters. The van der Waals surface area contributed by atoms with Gasteiger partial charge in [-0.15, -0.1) is 0 Å². The number of nitro benzene ring substituents is 1. The van der Waals surface area contributed by atoms with E-state index in [0.717, 1.165) is 12.1 Å². The SMILES string of the molecule is CC(C)(N)CNC(=O)COc1ccc([N+](=O)[O-])c(F)c1. The number of ether oxygens (including phenoxy) is 1. The number of halogens is 1. The highest BCUT2D eigenvalue weighted by atomic mass is 19.1. The average Bonchev–Trinajstić information content (AvgIpc) is 2.32. The lowest BCUT2D eigenvalue weighted by Gasteiger charge is -2.18. The second kappa shape index (κ2) is 6.29. The highest BCUT2D eigenvalue weighted by molar-refractivity contribution is 5.77. The summed E-state index contributed by atoms with van der Waals surface area (Å²) < 4.78 is 18.3. The van der Waals surface area contributed by atoms with Crippen LogP contribution in [-0.4, -0.2) is 29.5 Å². The fourth-order valence-electron chi connectivity index (χ4n) is 1.25. The number of nitrogens with zero attached hydrogens (tertiary/aromatic N) is 1. The van der Waals surface area contributed by atoms with Crippen molar-refractivity contribution in [3.63, 3.8) is 0 Å². The summed E-state index contributed by atoms with van der Waals surface area (Å²) in [6, 6.07) is 3.06. The number of benzene rings is 1. The topological polar surface area (TPSA) is 107 Å². The molecule has 0 aliphatic rings. The van der Waals surface area contributed by atoms with Gasteiger partial charge in [0.15, 0.2) is 6.61 Å². The first-order valence-corrected chi connectivity index (χ1v) is 5.81. The third-order valence-electron chi connectivity index (χ3n) is 2.23. The maximum atomic E-state index is 13.3. The molecule has 0 saturated heterocycles. The van der Waals surface area contributed by atoms with E-state index >= 15 is 0 Å². The minimum Gasteiger partial charge on any atom is -0.484 e. The van der Waals surface area contributed by atoms with E-state index in [9.17, 15) is 19.3 Å². The second-order valence-electron chi connectivity index (χ2n) is 4.92. The standard InChI is InChI=1S/C12H16FN3O4/c1-12(2,14)7-15-11(17)6-20-8-3-4-10(16(18)19)9(13)5-8/h3-5H,6-7,14H2,1-2H3,(H,15,17). The Morgan fingerprint density at radius 2 is 2.20 bits per heavy atom. The summed E-state index contributed by atoms with van der Waals surface area (Å²) in [4.78, 5) is 21.0. The number of rotatable bonds is 6. The molecule has 0 aliphatic carbocycles. The zero-order chi connectivity index (χ0) is 15.3. The predicted molar refractivity (Wildman–Crippen MR) is 69.8 cm³/mol. The van der Waals surface area contributed by atoms with Crippen molar-refractivity contribution < 1.29 is 18.8 Å². The summed E-state index contributed by atoms with van der Waals surface area (Å²) in [5.41, 5.74) is 4.49. The Labute approximate surface area is 115 Å². The van der Waals surface area contributed by atoms with Crippen molar-refractivity contribution in [2.75, 3.05) is 13.2 Å². The van der Waals surface area contributed by atoms with Crippen LogP contribution in [0.5, 0.6) is 5.75 Å². The largest absolute Gasteiger partial charge is 0.484 e. The summed E-state index contributed by atoms with van der Waals surface area (Å²) in [5, 5.41) is 13.0. The van der Waals surface area contributed by atoms with Crippen molar-refractivity contribution >= 4 is 11.6 Å². The number of hydrogen-bond acceptors (Lipinski definition) is 5. The summed E-state index contributed by atoms with van der Waals surface area (Å²) in [7, 11) is 0. The van der Waals surface area contributed by atoms with E-state index in [1.165, 1.54) is 6.07 Å². The first-order valence-electron chi connectivity index (χ1n) is 5.81. The number of nitrogens with one attached hydrogen (secondary N) is 1. The van der Waals surface area contributed by atoms with E-state index in [4.69, 9.17) is 10.5 Å². The zero-order valence-corrected chi connectivity index (χ0v) is 11.2. The lowest BCUT2D eigenvalue weighted by Crippen LogP contribution is -2.46. The number of nitro groups is 1. The van der Waals surface area contributed by atoms with Gasteiger partial charge in [-0.25, -0.2) is 0 Å². The Kier molecular flexibility index (Phi) is 4.98. The molecule has 1 aromatic carbocycles. The molecule has 1 rings (SSSR count). The summed E-state index contributed by atoms with van der Waals surface area (Å²) >= 11 is 0. The van der Waals surface area contributed by atoms with Crippen LogP contribution in [0.2, 0.25) is 0 Å². The van der Waals surface area contributed by atoms with Gasteiger partial charge in [0.2, 0.25) is 5.82 Å². The number of hydrogen-bond donors (Lipinski definition) is 2. The molecule has 0 radical (unpaired) electrons. The van der Waals surface area contributed by atoms with Gasteiger partial charge in [-0.1, -0.05) is 0 Å². The van der Waals surface area contributed by atoms with Gasteiger partial charge in [0.05, 0.1) is 4.92 Å². The van der Waals surface area contributed by atoms with Crippen LogP contribution >= 0.6 is 0 Å². The minimum atomic E-state index is -1.02. The summed E-state index contributed by atoms with van der Waals surface area (Å²) in [5.74, 6) is -1.39. The van der Waals surface area contributed by atoms with Crippen LogP contribution in [0.25, 0.3) is 0 Å². The summed E-state index contributed by atoms with van der Waals surface area (Å²) in [6.07, 6.45) is 0. The molecule has 110 valence electrons. The third kappa shape index (κ3) is 5.19. The third-order valence-corrected chi connectivity index (χ3v) is 2.23. The molecule has 3 N–H and O–H groups in total. The second-order valence-corrected chi connectivity index (χ2v) is 4.92. The molecular formula is C12H16FN3O4. The molecule has 7 nitrogen and oxygen atoms in total. The molecule has 0 fully saturated rings. The van der Waals surface area contributed by atoms with E-state index in [-0.39, 0.29) is 18.9 Å². The van der Waals surface area contributed by atoms with Gasteiger partial charge in [0.25, 0.3) is 5.91 Å². The normalized spacial score (nSPS) is 11.0. The molecule has 1 aromatic rings. The maximum absolute atomic E-state index is 13.3. The maximum Gasteiger partial charge on any atom is 0.305 e. The van der Waals surface area contributed by atoms with Gasteiger partial charge in [0.1, 0.15) is 5.75 Å². The Morgan fingerprint density at radius 1 is 1.55 bits per heavy atom. The van der Waals surface area contributed by atoms with Crippen molar-refractivity contribution in [1.29, 1.82) is 0 Å². The quantitative estimate of drug-likeness (QED) is 0.598. The van der Waals surface area contributed by atoms with Gasteiger partial charge in [-0.3, -0.25) is 14.9 Å². The first kappa shape index (κ1) is 15.8. The molecule has 0 aliphatic heterocycles. The summed E-state index contributed by atoms with van der Waals surface area (Å²) in [6.45, 7) is 3.44. The van der Waals surface area contributed by atoms with Gasteiger partial charge in [-0.2, -0.15) is 4.39 Å². The van der Waals surface area contributed by atoms with Crippen LogP contribution in [0.4, 0.5) is 10.1 Å². The first-order chi connectivity index (χ1) is 9.19. The smallest absolute Gasteiger partial charge is 0.305 e. The van der Waals surface area contributed by atoms with E-state index in [1.54, 1.807) is 13.8 Å². The lowest BCUT2D eigenvalue weighted by molar-refractivity contribution is -0.387. The van der Waals surface area contributed by atoms with Crippen LogP contribution in [0.15, 0.2) is 18.2 Å². The highest BCUT2D eigenvalue weighted by Gasteiger charge is 2.15. The fourth-order valence-corrected chi connectivity index (χ4v) is 1.25. The van der Waals surface area contributed by atoms with Gasteiger partial charge in [0, 0.05) is 24.2 Å². The Morgan fingerprint density at radius 3 is 2.70 bits per heavy atom. The number of amides is 1. The van der Waals surface area contributed by atoms with Crippen LogP contribution < -0.4 is 15.8 Å². The van der Waals surface area contributed by atoms with Crippen molar-refractivity contribution in [3.05, 3.63) is 34.1 Å². The molecular weight excluding hydrogens is 269 g/mol. The van der Waals surface area contributed by atoms with Gasteiger partial charge in [-0.05, 0) is 19.9 Å². The average molecular weight is 285 g/mol. The van der Waals surface area contributed by atoms with Crippen molar-refractivity contribution in [2.45, 2.75) is 19.4 Å². The van der Waals surface area contributed by atoms with Crippen LogP contribution in [0, 0.1) is 15.9 Å². The van der Waals surface area contributed by atoms with Gasteiger partial charge < -0.3 is 15.8 Å². The fraction of sp³-hybridized carbons (Fsp3) is 0.417. The van der Waals surface area contributed by atoms with E-state index in [2.05, 4.69) is 5.32 Å². The van der Waals surface area contributed by atoms with E-state index in [0.29, 0.717) is 0 Å². The number of carbonyl (C=O) groups excluding carboxylic acids is 1. The molecule has 0 aromatic heterocycles. The zero-order valence-electron chi connectivity index (χ0n) is 11.2. The molecule has 0 bridgehead atoms. The van der Waals surface area contributed by atoms with Gasteiger partial charge >= 0.3 is 5.69 Å².